The SMILES string of the molecule is OCC(CO)(CO)NCC1CCCOC1. The van der Waals surface area contributed by atoms with E-state index in [0.29, 0.717) is 19.1 Å². The number of aliphatic hydroxyl groups is 3. The monoisotopic (exact) mass is 219 g/mol. The van der Waals surface area contributed by atoms with Crippen LogP contribution in [0.15, 0.2) is 0 Å². The molecule has 0 amide bonds. The summed E-state index contributed by atoms with van der Waals surface area (Å²) in [4.78, 5) is 0. The smallest absolute Gasteiger partial charge is 0.0881 e. The molecule has 1 aliphatic heterocycles. The van der Waals surface area contributed by atoms with Gasteiger partial charge in [-0.2, -0.15) is 0 Å². The Kier molecular flexibility index (Phi) is 5.49. The maximum Gasteiger partial charge on any atom is 0.0881 e. The van der Waals surface area contributed by atoms with Crippen LogP contribution in [-0.4, -0.2) is 60.4 Å². The highest BCUT2D eigenvalue weighted by atomic mass is 16.5. The predicted molar refractivity (Wildman–Crippen MR) is 55.5 cm³/mol. The molecule has 1 aliphatic rings. The minimum absolute atomic E-state index is 0.270. The maximum atomic E-state index is 9.09. The van der Waals surface area contributed by atoms with E-state index >= 15 is 0 Å². The van der Waals surface area contributed by atoms with Crippen LogP contribution in [0.1, 0.15) is 12.8 Å². The van der Waals surface area contributed by atoms with Crippen LogP contribution >= 0.6 is 0 Å². The van der Waals surface area contributed by atoms with E-state index in [1.807, 2.05) is 0 Å². The number of hydrogen-bond acceptors (Lipinski definition) is 5. The normalized spacial score (nSPS) is 23.0. The van der Waals surface area contributed by atoms with Crippen molar-refractivity contribution in [1.82, 2.24) is 5.32 Å². The van der Waals surface area contributed by atoms with Crippen molar-refractivity contribution < 1.29 is 20.1 Å². The third-order valence-corrected chi connectivity index (χ3v) is 2.93. The first-order valence-electron chi connectivity index (χ1n) is 5.41. The van der Waals surface area contributed by atoms with E-state index in [4.69, 9.17) is 20.1 Å². The van der Waals surface area contributed by atoms with Gasteiger partial charge in [-0.1, -0.05) is 0 Å². The average molecular weight is 219 g/mol. The number of rotatable bonds is 6. The molecule has 1 unspecified atom stereocenters. The standard InChI is InChI=1S/C10H21NO4/c12-6-10(7-13,8-14)11-4-9-2-1-3-15-5-9/h9,11-14H,1-8H2. The fourth-order valence-corrected chi connectivity index (χ4v) is 1.65. The first-order chi connectivity index (χ1) is 7.26. The van der Waals surface area contributed by atoms with Crippen LogP contribution in [0.25, 0.3) is 0 Å². The van der Waals surface area contributed by atoms with Crippen molar-refractivity contribution >= 4 is 0 Å². The van der Waals surface area contributed by atoms with Crippen molar-refractivity contribution in [2.24, 2.45) is 5.92 Å². The van der Waals surface area contributed by atoms with Crippen molar-refractivity contribution in [2.45, 2.75) is 18.4 Å². The Morgan fingerprint density at radius 2 is 1.87 bits per heavy atom. The summed E-state index contributed by atoms with van der Waals surface area (Å²) in [6, 6.07) is 0. The predicted octanol–water partition coefficient (Wildman–Crippen LogP) is -1.28. The molecule has 0 aromatic carbocycles. The van der Waals surface area contributed by atoms with Crippen LogP contribution in [0.3, 0.4) is 0 Å². The molecule has 4 N–H and O–H groups in total. The summed E-state index contributed by atoms with van der Waals surface area (Å²) in [7, 11) is 0. The molecule has 0 aliphatic carbocycles. The molecule has 1 rings (SSSR count). The molecule has 1 heterocycles. The fraction of sp³-hybridized carbons (Fsp3) is 1.00. The van der Waals surface area contributed by atoms with E-state index in [-0.39, 0.29) is 19.8 Å². The summed E-state index contributed by atoms with van der Waals surface area (Å²) in [5, 5.41) is 30.3. The van der Waals surface area contributed by atoms with Gasteiger partial charge in [-0.3, -0.25) is 0 Å². The van der Waals surface area contributed by atoms with Crippen LogP contribution in [0, 0.1) is 5.92 Å². The average Bonchev–Trinajstić information content (AvgIpc) is 2.33. The second kappa shape index (κ2) is 6.40. The Morgan fingerprint density at radius 3 is 2.33 bits per heavy atom. The Morgan fingerprint density at radius 1 is 1.20 bits per heavy atom. The van der Waals surface area contributed by atoms with Gasteiger partial charge in [0.2, 0.25) is 0 Å². The molecule has 90 valence electrons. The Labute approximate surface area is 90.1 Å². The molecule has 0 spiro atoms. The number of aliphatic hydroxyl groups excluding tert-OH is 3. The Balaban J connectivity index is 2.31. The zero-order chi connectivity index (χ0) is 11.1. The molecule has 0 radical (unpaired) electrons. The highest BCUT2D eigenvalue weighted by molar-refractivity contribution is 4.87. The molecule has 0 bridgehead atoms. The molecular weight excluding hydrogens is 198 g/mol. The van der Waals surface area contributed by atoms with Crippen LogP contribution in [0.5, 0.6) is 0 Å². The van der Waals surface area contributed by atoms with Gasteiger partial charge < -0.3 is 25.4 Å². The van der Waals surface area contributed by atoms with Gasteiger partial charge in [-0.25, -0.2) is 0 Å². The van der Waals surface area contributed by atoms with Gasteiger partial charge in [0.15, 0.2) is 0 Å². The topological polar surface area (TPSA) is 82.0 Å². The zero-order valence-corrected chi connectivity index (χ0v) is 8.98. The lowest BCUT2D eigenvalue weighted by Gasteiger charge is -2.32. The third-order valence-electron chi connectivity index (χ3n) is 2.93. The second-order valence-corrected chi connectivity index (χ2v) is 4.22. The lowest BCUT2D eigenvalue weighted by Crippen LogP contribution is -2.56. The highest BCUT2D eigenvalue weighted by Crippen LogP contribution is 2.13. The van der Waals surface area contributed by atoms with Gasteiger partial charge in [0.1, 0.15) is 0 Å². The van der Waals surface area contributed by atoms with Crippen molar-refractivity contribution in [3.05, 3.63) is 0 Å². The van der Waals surface area contributed by atoms with E-state index < -0.39 is 5.54 Å². The van der Waals surface area contributed by atoms with E-state index in [9.17, 15) is 0 Å². The van der Waals surface area contributed by atoms with Gasteiger partial charge in [-0.15, -0.1) is 0 Å². The molecule has 1 saturated heterocycles. The number of ether oxygens (including phenoxy) is 1. The molecule has 5 heteroatoms. The van der Waals surface area contributed by atoms with E-state index in [2.05, 4.69) is 5.32 Å². The van der Waals surface area contributed by atoms with Crippen LogP contribution in [-0.2, 0) is 4.74 Å². The Bertz CT molecular complexity index is 159. The van der Waals surface area contributed by atoms with Crippen molar-refractivity contribution in [2.75, 3.05) is 39.6 Å². The zero-order valence-electron chi connectivity index (χ0n) is 8.98. The first kappa shape index (κ1) is 12.9. The maximum absolute atomic E-state index is 9.09. The molecule has 0 aromatic rings. The van der Waals surface area contributed by atoms with E-state index in [1.165, 1.54) is 0 Å². The molecule has 0 aromatic heterocycles. The van der Waals surface area contributed by atoms with E-state index in [0.717, 1.165) is 19.4 Å². The van der Waals surface area contributed by atoms with Crippen LogP contribution < -0.4 is 5.32 Å². The lowest BCUT2D eigenvalue weighted by atomic mass is 9.98. The number of nitrogens with one attached hydrogen (secondary N) is 1. The summed E-state index contributed by atoms with van der Waals surface area (Å²) in [5.41, 5.74) is -0.961. The van der Waals surface area contributed by atoms with Crippen molar-refractivity contribution in [1.29, 1.82) is 0 Å². The van der Waals surface area contributed by atoms with Crippen molar-refractivity contribution in [3.63, 3.8) is 0 Å². The number of hydrogen-bond donors (Lipinski definition) is 4. The summed E-state index contributed by atoms with van der Waals surface area (Å²) in [6.45, 7) is 1.38. The minimum atomic E-state index is -0.961. The molecule has 1 atom stereocenters. The summed E-state index contributed by atoms with van der Waals surface area (Å²) in [5.74, 6) is 0.405. The van der Waals surface area contributed by atoms with Gasteiger partial charge in [-0.05, 0) is 18.8 Å². The van der Waals surface area contributed by atoms with Gasteiger partial charge in [0.25, 0.3) is 0 Å². The van der Waals surface area contributed by atoms with Gasteiger partial charge in [0.05, 0.1) is 32.0 Å². The molecule has 1 fully saturated rings. The Hall–Kier alpha value is -0.200. The molecular formula is C10H21NO4. The molecule has 15 heavy (non-hydrogen) atoms. The van der Waals surface area contributed by atoms with E-state index in [1.54, 1.807) is 0 Å². The summed E-state index contributed by atoms with van der Waals surface area (Å²) in [6.07, 6.45) is 2.14. The largest absolute Gasteiger partial charge is 0.394 e. The van der Waals surface area contributed by atoms with Gasteiger partial charge in [0, 0.05) is 13.2 Å². The highest BCUT2D eigenvalue weighted by Gasteiger charge is 2.28. The van der Waals surface area contributed by atoms with Crippen LogP contribution in [0.2, 0.25) is 0 Å². The van der Waals surface area contributed by atoms with Gasteiger partial charge >= 0.3 is 0 Å². The molecule has 5 nitrogen and oxygen atoms in total. The fourth-order valence-electron chi connectivity index (χ4n) is 1.65. The quantitative estimate of drug-likeness (QED) is 0.447. The third kappa shape index (κ3) is 3.70. The summed E-state index contributed by atoms with van der Waals surface area (Å²) < 4.78 is 5.32. The van der Waals surface area contributed by atoms with Crippen molar-refractivity contribution in [3.8, 4) is 0 Å². The van der Waals surface area contributed by atoms with Crippen LogP contribution in [0.4, 0.5) is 0 Å². The first-order valence-corrected chi connectivity index (χ1v) is 5.41. The lowest BCUT2D eigenvalue weighted by molar-refractivity contribution is 0.0210. The second-order valence-electron chi connectivity index (χ2n) is 4.22. The minimum Gasteiger partial charge on any atom is -0.394 e. The summed E-state index contributed by atoms with van der Waals surface area (Å²) >= 11 is 0. The molecule has 0 saturated carbocycles.